The molecule has 4 rings (SSSR count). The summed E-state index contributed by atoms with van der Waals surface area (Å²) >= 11 is 1.51. The van der Waals surface area contributed by atoms with Crippen molar-refractivity contribution in [1.82, 2.24) is 14.4 Å². The highest BCUT2D eigenvalue weighted by molar-refractivity contribution is 7.13. The van der Waals surface area contributed by atoms with Crippen LogP contribution in [0.2, 0.25) is 0 Å². The number of amides is 1. The molecule has 1 amide bonds. The Morgan fingerprint density at radius 2 is 2.00 bits per heavy atom. The van der Waals surface area contributed by atoms with E-state index in [1.165, 1.54) is 28.4 Å². The van der Waals surface area contributed by atoms with Crippen molar-refractivity contribution in [3.63, 3.8) is 0 Å². The largest absolute Gasteiger partial charge is 0.310 e. The number of hydrogen-bond acceptors (Lipinski definition) is 4. The average Bonchev–Trinajstić information content (AvgIpc) is 3.28. The minimum absolute atomic E-state index is 0.240. The van der Waals surface area contributed by atoms with Crippen LogP contribution in [0.5, 0.6) is 0 Å². The quantitative estimate of drug-likeness (QED) is 0.562. The third-order valence-electron chi connectivity index (χ3n) is 3.88. The molecule has 0 saturated heterocycles. The number of rotatable bonds is 3. The van der Waals surface area contributed by atoms with Crippen LogP contribution in [-0.4, -0.2) is 27.3 Å². The van der Waals surface area contributed by atoms with E-state index in [1.54, 1.807) is 42.0 Å². The Labute approximate surface area is 147 Å². The summed E-state index contributed by atoms with van der Waals surface area (Å²) in [5.74, 6) is -0.125. The number of aromatic nitrogens is 3. The number of anilines is 1. The summed E-state index contributed by atoms with van der Waals surface area (Å²) in [4.78, 5) is 24.3. The molecule has 7 heteroatoms. The molecular formula is C18H13FN4OS. The third-order valence-corrected chi connectivity index (χ3v) is 4.76. The van der Waals surface area contributed by atoms with Gasteiger partial charge in [0.15, 0.2) is 0 Å². The fourth-order valence-electron chi connectivity index (χ4n) is 2.62. The van der Waals surface area contributed by atoms with Gasteiger partial charge in [-0.3, -0.25) is 9.20 Å². The Morgan fingerprint density at radius 1 is 1.20 bits per heavy atom. The number of benzene rings is 1. The van der Waals surface area contributed by atoms with Crippen LogP contribution in [0.15, 0.2) is 60.2 Å². The number of nitrogens with zero attached hydrogens (tertiary/aromatic N) is 4. The molecule has 0 fully saturated rings. The van der Waals surface area contributed by atoms with E-state index in [4.69, 9.17) is 0 Å². The van der Waals surface area contributed by atoms with Gasteiger partial charge in [0, 0.05) is 25.1 Å². The second-order valence-electron chi connectivity index (χ2n) is 5.42. The number of halogens is 1. The van der Waals surface area contributed by atoms with Crippen molar-refractivity contribution in [2.45, 2.75) is 0 Å². The van der Waals surface area contributed by atoms with Crippen molar-refractivity contribution >= 4 is 28.7 Å². The maximum absolute atomic E-state index is 13.2. The summed E-state index contributed by atoms with van der Waals surface area (Å²) in [5.41, 5.74) is 1.62. The van der Waals surface area contributed by atoms with E-state index in [0.717, 1.165) is 4.88 Å². The normalized spacial score (nSPS) is 11.0. The van der Waals surface area contributed by atoms with E-state index in [2.05, 4.69) is 9.97 Å². The SMILES string of the molecule is CN(C(=O)c1c(-c2cccs2)nc2ncccn12)c1ccc(F)cc1. The van der Waals surface area contributed by atoms with Crippen molar-refractivity contribution in [3.05, 3.63) is 71.7 Å². The number of carbonyl (C=O) groups excluding carboxylic acids is 1. The first-order chi connectivity index (χ1) is 12.1. The van der Waals surface area contributed by atoms with Crippen LogP contribution in [0.1, 0.15) is 10.5 Å². The van der Waals surface area contributed by atoms with Gasteiger partial charge in [-0.05, 0) is 41.8 Å². The number of hydrogen-bond donors (Lipinski definition) is 0. The second kappa shape index (κ2) is 6.10. The average molecular weight is 352 g/mol. The molecule has 0 unspecified atom stereocenters. The predicted octanol–water partition coefficient (Wildman–Crippen LogP) is 3.87. The molecule has 0 N–H and O–H groups in total. The second-order valence-corrected chi connectivity index (χ2v) is 6.36. The van der Waals surface area contributed by atoms with Gasteiger partial charge in [-0.25, -0.2) is 14.4 Å². The Kier molecular flexibility index (Phi) is 3.77. The van der Waals surface area contributed by atoms with Gasteiger partial charge in [-0.1, -0.05) is 6.07 Å². The molecule has 25 heavy (non-hydrogen) atoms. The lowest BCUT2D eigenvalue weighted by atomic mass is 10.2. The molecule has 0 aliphatic rings. The summed E-state index contributed by atoms with van der Waals surface area (Å²) in [6.45, 7) is 0. The summed E-state index contributed by atoms with van der Waals surface area (Å²) < 4.78 is 14.8. The minimum Gasteiger partial charge on any atom is -0.310 e. The zero-order chi connectivity index (χ0) is 17.4. The van der Waals surface area contributed by atoms with Crippen LogP contribution in [0.25, 0.3) is 16.3 Å². The van der Waals surface area contributed by atoms with Crippen molar-refractivity contribution < 1.29 is 9.18 Å². The lowest BCUT2D eigenvalue weighted by Crippen LogP contribution is -2.28. The Morgan fingerprint density at radius 3 is 2.72 bits per heavy atom. The smallest absolute Gasteiger partial charge is 0.277 e. The minimum atomic E-state index is -0.345. The van der Waals surface area contributed by atoms with Crippen LogP contribution in [-0.2, 0) is 0 Å². The van der Waals surface area contributed by atoms with Crippen LogP contribution >= 0.6 is 11.3 Å². The Balaban J connectivity index is 1.86. The van der Waals surface area contributed by atoms with E-state index in [0.29, 0.717) is 22.9 Å². The molecule has 5 nitrogen and oxygen atoms in total. The maximum Gasteiger partial charge on any atom is 0.277 e. The zero-order valence-corrected chi connectivity index (χ0v) is 14.1. The molecular weight excluding hydrogens is 339 g/mol. The topological polar surface area (TPSA) is 50.5 Å². The van der Waals surface area contributed by atoms with Gasteiger partial charge < -0.3 is 4.90 Å². The van der Waals surface area contributed by atoms with E-state index in [1.807, 2.05) is 17.5 Å². The molecule has 3 heterocycles. The molecule has 1 aromatic carbocycles. The molecule has 3 aromatic heterocycles. The third kappa shape index (κ3) is 2.68. The monoisotopic (exact) mass is 352 g/mol. The van der Waals surface area contributed by atoms with Crippen LogP contribution in [0.4, 0.5) is 10.1 Å². The molecule has 0 aliphatic carbocycles. The van der Waals surface area contributed by atoms with E-state index >= 15 is 0 Å². The number of imidazole rings is 1. The van der Waals surface area contributed by atoms with Gasteiger partial charge in [-0.2, -0.15) is 0 Å². The Hall–Kier alpha value is -3.06. The van der Waals surface area contributed by atoms with Crippen molar-refractivity contribution in [1.29, 1.82) is 0 Å². The van der Waals surface area contributed by atoms with E-state index < -0.39 is 0 Å². The van der Waals surface area contributed by atoms with Gasteiger partial charge in [-0.15, -0.1) is 11.3 Å². The molecule has 4 aromatic rings. The number of carbonyl (C=O) groups is 1. The van der Waals surface area contributed by atoms with E-state index in [9.17, 15) is 9.18 Å². The van der Waals surface area contributed by atoms with Crippen molar-refractivity contribution in [3.8, 4) is 10.6 Å². The number of thiophene rings is 1. The highest BCUT2D eigenvalue weighted by Crippen LogP contribution is 2.29. The highest BCUT2D eigenvalue weighted by atomic mass is 32.1. The van der Waals surface area contributed by atoms with Crippen molar-refractivity contribution in [2.24, 2.45) is 0 Å². The molecule has 0 atom stereocenters. The van der Waals surface area contributed by atoms with Gasteiger partial charge in [0.25, 0.3) is 5.91 Å². The van der Waals surface area contributed by atoms with Gasteiger partial charge in [0.05, 0.1) is 4.88 Å². The first kappa shape index (κ1) is 15.5. The van der Waals surface area contributed by atoms with E-state index in [-0.39, 0.29) is 11.7 Å². The fraction of sp³-hybridized carbons (Fsp3) is 0.0556. The molecule has 0 spiro atoms. The summed E-state index contributed by atoms with van der Waals surface area (Å²) in [7, 11) is 1.66. The van der Waals surface area contributed by atoms with Crippen LogP contribution < -0.4 is 4.90 Å². The first-order valence-electron chi connectivity index (χ1n) is 7.56. The Bertz CT molecular complexity index is 1040. The zero-order valence-electron chi connectivity index (χ0n) is 13.3. The summed E-state index contributed by atoms with van der Waals surface area (Å²) in [5, 5.41) is 1.94. The lowest BCUT2D eigenvalue weighted by molar-refractivity contribution is 0.0988. The first-order valence-corrected chi connectivity index (χ1v) is 8.43. The highest BCUT2D eigenvalue weighted by Gasteiger charge is 2.25. The molecule has 0 saturated carbocycles. The summed E-state index contributed by atoms with van der Waals surface area (Å²) in [6.07, 6.45) is 3.40. The molecule has 0 aliphatic heterocycles. The predicted molar refractivity (Wildman–Crippen MR) is 95.4 cm³/mol. The molecule has 124 valence electrons. The maximum atomic E-state index is 13.2. The van der Waals surface area contributed by atoms with Crippen LogP contribution in [0, 0.1) is 5.82 Å². The summed E-state index contributed by atoms with van der Waals surface area (Å²) in [6, 6.07) is 11.4. The van der Waals surface area contributed by atoms with Gasteiger partial charge >= 0.3 is 0 Å². The van der Waals surface area contributed by atoms with Gasteiger partial charge in [0.2, 0.25) is 5.78 Å². The lowest BCUT2D eigenvalue weighted by Gasteiger charge is -2.17. The number of fused-ring (bicyclic) bond motifs is 1. The van der Waals surface area contributed by atoms with Crippen molar-refractivity contribution in [2.75, 3.05) is 11.9 Å². The molecule has 0 bridgehead atoms. The fourth-order valence-corrected chi connectivity index (χ4v) is 3.33. The standard InChI is InChI=1S/C18H13FN4OS/c1-22(13-7-5-12(19)6-8-13)17(24)16-15(14-4-2-11-25-14)21-18-20-9-3-10-23(16)18/h2-11H,1H3. The molecule has 0 radical (unpaired) electrons. The van der Waals surface area contributed by atoms with Gasteiger partial charge in [0.1, 0.15) is 17.2 Å². The van der Waals surface area contributed by atoms with Crippen LogP contribution in [0.3, 0.4) is 0 Å².